The van der Waals surface area contributed by atoms with Crippen LogP contribution in [-0.4, -0.2) is 58.7 Å². The van der Waals surface area contributed by atoms with Crippen LogP contribution in [0.1, 0.15) is 11.1 Å². The molecule has 9 nitrogen and oxygen atoms in total. The van der Waals surface area contributed by atoms with Crippen molar-refractivity contribution in [3.63, 3.8) is 0 Å². The van der Waals surface area contributed by atoms with Gasteiger partial charge < -0.3 is 19.8 Å². The highest BCUT2D eigenvalue weighted by Gasteiger charge is 2.41. The van der Waals surface area contributed by atoms with E-state index in [0.29, 0.717) is 40.3 Å². The summed E-state index contributed by atoms with van der Waals surface area (Å²) in [6, 6.07) is 20.2. The minimum absolute atomic E-state index is 0.0420. The van der Waals surface area contributed by atoms with Gasteiger partial charge in [0.25, 0.3) is 5.91 Å². The number of anilines is 1. The van der Waals surface area contributed by atoms with Gasteiger partial charge in [-0.1, -0.05) is 42.1 Å². The van der Waals surface area contributed by atoms with E-state index in [1.807, 2.05) is 54.7 Å². The fraction of sp³-hybridized carbons (Fsp3) is 0.172. The van der Waals surface area contributed by atoms with E-state index in [2.05, 4.69) is 10.3 Å². The predicted octanol–water partition coefficient (Wildman–Crippen LogP) is 4.76. The Kier molecular flexibility index (Phi) is 6.54. The largest absolute Gasteiger partial charge is 0.497 e. The Morgan fingerprint density at radius 3 is 2.74 bits per heavy atom. The molecule has 3 aromatic carbocycles. The van der Waals surface area contributed by atoms with Gasteiger partial charge in [0.2, 0.25) is 5.91 Å². The summed E-state index contributed by atoms with van der Waals surface area (Å²) in [5.74, 6) is 1.30. The molecule has 0 spiro atoms. The van der Waals surface area contributed by atoms with Crippen LogP contribution >= 0.6 is 11.8 Å². The number of carbonyl (C=O) groups is 2. The standard InChI is InChI=1S/C29H25N5O4S/c1-37-18-11-12-23(25(14-18)38-2)31-26(35)16-39-29-33-22-10-6-4-8-20(22)27-32-24(28(36)34(27)29)13-17-15-30-21-9-5-3-7-19(17)21/h3-12,14-15,24,30H,13,16H2,1-2H3,(H,31,35)/t24-/m1/s1. The van der Waals surface area contributed by atoms with Crippen LogP contribution in [0.5, 0.6) is 11.5 Å². The van der Waals surface area contributed by atoms with Gasteiger partial charge in [0.1, 0.15) is 23.4 Å². The molecule has 0 fully saturated rings. The van der Waals surface area contributed by atoms with Crippen molar-refractivity contribution in [2.45, 2.75) is 12.5 Å². The molecule has 6 rings (SSSR count). The third kappa shape index (κ3) is 4.63. The molecule has 0 bridgehead atoms. The topological polar surface area (TPSA) is 108 Å². The number of para-hydroxylation sites is 2. The van der Waals surface area contributed by atoms with Crippen molar-refractivity contribution in [2.75, 3.05) is 25.3 Å². The molecule has 0 unspecified atom stereocenters. The second-order valence-corrected chi connectivity index (χ2v) is 9.96. The number of hydrogen-bond acceptors (Lipinski definition) is 7. The number of aliphatic imine (C=N–C) groups is 2. The van der Waals surface area contributed by atoms with Gasteiger partial charge in [-0.15, -0.1) is 0 Å². The number of ether oxygens (including phenoxy) is 2. The molecule has 4 aromatic rings. The minimum Gasteiger partial charge on any atom is -0.497 e. The number of aromatic nitrogens is 1. The number of benzene rings is 3. The van der Waals surface area contributed by atoms with E-state index in [4.69, 9.17) is 19.5 Å². The van der Waals surface area contributed by atoms with Crippen LogP contribution in [0, 0.1) is 0 Å². The Hall–Kier alpha value is -4.57. The summed E-state index contributed by atoms with van der Waals surface area (Å²) in [6.07, 6.45) is 2.39. The van der Waals surface area contributed by atoms with Gasteiger partial charge in [0.05, 0.1) is 31.3 Å². The molecular weight excluding hydrogens is 514 g/mol. The zero-order valence-corrected chi connectivity index (χ0v) is 22.1. The Bertz CT molecular complexity index is 1660. The number of nitrogens with one attached hydrogen (secondary N) is 2. The molecule has 39 heavy (non-hydrogen) atoms. The molecular formula is C29H25N5O4S. The maximum Gasteiger partial charge on any atom is 0.259 e. The van der Waals surface area contributed by atoms with Crippen LogP contribution in [0.2, 0.25) is 0 Å². The van der Waals surface area contributed by atoms with Gasteiger partial charge in [-0.05, 0) is 35.9 Å². The van der Waals surface area contributed by atoms with Crippen LogP contribution in [0.25, 0.3) is 10.9 Å². The molecule has 1 atom stereocenters. The summed E-state index contributed by atoms with van der Waals surface area (Å²) in [5.41, 5.74) is 4.08. The molecule has 196 valence electrons. The highest BCUT2D eigenvalue weighted by Crippen LogP contribution is 2.35. The van der Waals surface area contributed by atoms with Gasteiger partial charge in [-0.3, -0.25) is 14.6 Å². The molecule has 2 N–H and O–H groups in total. The van der Waals surface area contributed by atoms with Gasteiger partial charge in [0.15, 0.2) is 5.17 Å². The summed E-state index contributed by atoms with van der Waals surface area (Å²) in [4.78, 5) is 41.0. The Morgan fingerprint density at radius 2 is 1.90 bits per heavy atom. The molecule has 0 saturated carbocycles. The highest BCUT2D eigenvalue weighted by atomic mass is 32.2. The predicted molar refractivity (Wildman–Crippen MR) is 153 cm³/mol. The van der Waals surface area contributed by atoms with Crippen molar-refractivity contribution in [1.82, 2.24) is 9.88 Å². The number of aromatic amines is 1. The van der Waals surface area contributed by atoms with Crippen molar-refractivity contribution >= 4 is 56.9 Å². The van der Waals surface area contributed by atoms with Crippen molar-refractivity contribution in [1.29, 1.82) is 0 Å². The van der Waals surface area contributed by atoms with E-state index < -0.39 is 6.04 Å². The quantitative estimate of drug-likeness (QED) is 0.352. The zero-order chi connectivity index (χ0) is 26.9. The lowest BCUT2D eigenvalue weighted by molar-refractivity contribution is -0.124. The number of nitrogens with zero attached hydrogens (tertiary/aromatic N) is 3. The van der Waals surface area contributed by atoms with E-state index in [0.717, 1.165) is 22.0 Å². The monoisotopic (exact) mass is 539 g/mol. The van der Waals surface area contributed by atoms with Crippen LogP contribution in [-0.2, 0) is 16.0 Å². The van der Waals surface area contributed by atoms with Crippen LogP contribution in [0.4, 0.5) is 11.4 Å². The molecule has 0 aliphatic carbocycles. The number of methoxy groups -OCH3 is 2. The normalized spacial score (nSPS) is 15.9. The van der Waals surface area contributed by atoms with E-state index in [1.54, 1.807) is 30.2 Å². The van der Waals surface area contributed by atoms with E-state index in [-0.39, 0.29) is 17.6 Å². The lowest BCUT2D eigenvalue weighted by Gasteiger charge is -2.25. The number of hydrogen-bond donors (Lipinski definition) is 2. The van der Waals surface area contributed by atoms with Crippen molar-refractivity contribution in [3.8, 4) is 11.5 Å². The first-order valence-electron chi connectivity index (χ1n) is 12.3. The van der Waals surface area contributed by atoms with E-state index in [9.17, 15) is 9.59 Å². The second-order valence-electron chi connectivity index (χ2n) is 9.02. The summed E-state index contributed by atoms with van der Waals surface area (Å²) >= 11 is 1.19. The maximum atomic E-state index is 13.7. The lowest BCUT2D eigenvalue weighted by Crippen LogP contribution is -2.41. The van der Waals surface area contributed by atoms with Crippen LogP contribution in [0.15, 0.2) is 82.9 Å². The number of fused-ring (bicyclic) bond motifs is 4. The molecule has 2 aliphatic rings. The number of rotatable bonds is 7. The third-order valence-electron chi connectivity index (χ3n) is 6.65. The van der Waals surface area contributed by atoms with Gasteiger partial charge in [-0.2, -0.15) is 0 Å². The molecule has 1 aromatic heterocycles. The second kappa shape index (κ2) is 10.3. The zero-order valence-electron chi connectivity index (χ0n) is 21.3. The van der Waals surface area contributed by atoms with Gasteiger partial charge in [0, 0.05) is 35.2 Å². The van der Waals surface area contributed by atoms with E-state index >= 15 is 0 Å². The van der Waals surface area contributed by atoms with Gasteiger partial charge >= 0.3 is 0 Å². The summed E-state index contributed by atoms with van der Waals surface area (Å²) in [5, 5.41) is 4.37. The van der Waals surface area contributed by atoms with Crippen LogP contribution < -0.4 is 14.8 Å². The first-order valence-corrected chi connectivity index (χ1v) is 13.3. The van der Waals surface area contributed by atoms with Crippen molar-refractivity contribution in [2.24, 2.45) is 9.98 Å². The average molecular weight is 540 g/mol. The number of carbonyl (C=O) groups excluding carboxylic acids is 2. The van der Waals surface area contributed by atoms with Crippen molar-refractivity contribution < 1.29 is 19.1 Å². The number of H-pyrrole nitrogens is 1. The molecule has 2 aliphatic heterocycles. The molecule has 3 heterocycles. The summed E-state index contributed by atoms with van der Waals surface area (Å²) < 4.78 is 10.6. The number of amides is 2. The number of thioether (sulfide) groups is 1. The lowest BCUT2D eigenvalue weighted by atomic mass is 10.1. The first-order chi connectivity index (χ1) is 19.1. The van der Waals surface area contributed by atoms with E-state index in [1.165, 1.54) is 18.9 Å². The smallest absolute Gasteiger partial charge is 0.259 e. The Balaban J connectivity index is 1.23. The molecule has 10 heteroatoms. The summed E-state index contributed by atoms with van der Waals surface area (Å²) in [6.45, 7) is 0. The molecule has 0 saturated heterocycles. The Labute approximate surface area is 228 Å². The Morgan fingerprint density at radius 1 is 1.08 bits per heavy atom. The fourth-order valence-corrected chi connectivity index (χ4v) is 5.56. The SMILES string of the molecule is COc1ccc(NC(=O)CSC2=Nc3ccccc3C3=N[C@H](Cc4c[nH]c5ccccc45)C(=O)N23)c(OC)c1. The number of amidine groups is 2. The van der Waals surface area contributed by atoms with Crippen LogP contribution in [0.3, 0.4) is 0 Å². The average Bonchev–Trinajstić information content (AvgIpc) is 3.53. The van der Waals surface area contributed by atoms with Crippen molar-refractivity contribution in [3.05, 3.63) is 84.1 Å². The highest BCUT2D eigenvalue weighted by molar-refractivity contribution is 8.14. The summed E-state index contributed by atoms with van der Waals surface area (Å²) in [7, 11) is 3.09. The minimum atomic E-state index is -0.589. The fourth-order valence-electron chi connectivity index (χ4n) is 4.76. The molecule has 2 amide bonds. The first kappa shape index (κ1) is 24.7. The maximum absolute atomic E-state index is 13.7. The third-order valence-corrected chi connectivity index (χ3v) is 7.59. The molecule has 0 radical (unpaired) electrons. The van der Waals surface area contributed by atoms with Gasteiger partial charge in [-0.25, -0.2) is 9.89 Å².